The van der Waals surface area contributed by atoms with Crippen molar-refractivity contribution in [1.82, 2.24) is 19.6 Å². The molecule has 0 radical (unpaired) electrons. The second-order valence-electron chi connectivity index (χ2n) is 4.72. The maximum Gasteiger partial charge on any atom is 0.250 e. The molecule has 1 atom stereocenters. The number of carbonyl (C=O) groups excluding carboxylic acids is 1. The van der Waals surface area contributed by atoms with Crippen LogP contribution >= 0.6 is 11.6 Å². The number of carbonyl (C=O) groups is 1. The minimum Gasteiger partial charge on any atom is -0.307 e. The molecule has 0 bridgehead atoms. The molecule has 0 saturated carbocycles. The molecule has 1 unspecified atom stereocenters. The maximum atomic E-state index is 12.4. The molecule has 1 amide bonds. The van der Waals surface area contributed by atoms with Gasteiger partial charge in [0.25, 0.3) is 0 Å². The fourth-order valence-corrected chi connectivity index (χ4v) is 2.23. The lowest BCUT2D eigenvalue weighted by atomic mass is 10.2. The van der Waals surface area contributed by atoms with Gasteiger partial charge in [0, 0.05) is 19.3 Å². The molecule has 2 rings (SSSR count). The van der Waals surface area contributed by atoms with Crippen molar-refractivity contribution in [1.29, 1.82) is 0 Å². The molecule has 1 N–H and O–H groups in total. The van der Waals surface area contributed by atoms with Crippen molar-refractivity contribution in [2.45, 2.75) is 33.2 Å². The van der Waals surface area contributed by atoms with E-state index in [0.29, 0.717) is 17.3 Å². The van der Waals surface area contributed by atoms with Crippen LogP contribution in [0.3, 0.4) is 0 Å². The van der Waals surface area contributed by atoms with E-state index >= 15 is 0 Å². The van der Waals surface area contributed by atoms with Crippen LogP contribution in [0.5, 0.6) is 0 Å². The summed E-state index contributed by atoms with van der Waals surface area (Å²) in [6.45, 7) is 5.63. The molecule has 2 heterocycles. The van der Waals surface area contributed by atoms with E-state index in [1.54, 1.807) is 28.7 Å². The van der Waals surface area contributed by atoms with Crippen LogP contribution in [0, 0.1) is 13.8 Å². The first-order valence-corrected chi connectivity index (χ1v) is 6.83. The van der Waals surface area contributed by atoms with E-state index in [-0.39, 0.29) is 5.91 Å². The number of anilines is 1. The van der Waals surface area contributed by atoms with E-state index in [9.17, 15) is 4.79 Å². The fourth-order valence-electron chi connectivity index (χ4n) is 2.11. The van der Waals surface area contributed by atoms with Gasteiger partial charge in [-0.25, -0.2) is 0 Å². The number of rotatable bonds is 4. The van der Waals surface area contributed by atoms with E-state index in [2.05, 4.69) is 15.5 Å². The summed E-state index contributed by atoms with van der Waals surface area (Å²) in [4.78, 5) is 12.4. The average Bonchev–Trinajstić information content (AvgIpc) is 2.90. The molecule has 6 nitrogen and oxygen atoms in total. The lowest BCUT2D eigenvalue weighted by Gasteiger charge is -2.16. The van der Waals surface area contributed by atoms with Crippen LogP contribution in [0.25, 0.3) is 0 Å². The summed E-state index contributed by atoms with van der Waals surface area (Å²) in [6.07, 6.45) is 2.40. The van der Waals surface area contributed by atoms with Crippen LogP contribution < -0.4 is 5.32 Å². The van der Waals surface area contributed by atoms with E-state index in [0.717, 1.165) is 11.4 Å². The Bertz CT molecular complexity index is 631. The molecule has 0 aliphatic rings. The van der Waals surface area contributed by atoms with Crippen molar-refractivity contribution < 1.29 is 4.79 Å². The molecular formula is C13H18ClN5O. The van der Waals surface area contributed by atoms with Gasteiger partial charge in [-0.1, -0.05) is 18.5 Å². The summed E-state index contributed by atoms with van der Waals surface area (Å²) in [7, 11) is 1.80. The summed E-state index contributed by atoms with van der Waals surface area (Å²) in [5, 5.41) is 11.9. The number of hydrogen-bond donors (Lipinski definition) is 1. The predicted octanol–water partition coefficient (Wildman–Crippen LogP) is 2.48. The Labute approximate surface area is 122 Å². The van der Waals surface area contributed by atoms with Crippen molar-refractivity contribution in [3.8, 4) is 0 Å². The number of amides is 1. The van der Waals surface area contributed by atoms with Crippen molar-refractivity contribution in [2.75, 3.05) is 5.32 Å². The Morgan fingerprint density at radius 3 is 2.60 bits per heavy atom. The molecule has 0 aromatic carbocycles. The Hall–Kier alpha value is -1.82. The number of hydrogen-bond acceptors (Lipinski definition) is 3. The van der Waals surface area contributed by atoms with Crippen molar-refractivity contribution in [3.63, 3.8) is 0 Å². The largest absolute Gasteiger partial charge is 0.307 e. The summed E-state index contributed by atoms with van der Waals surface area (Å²) >= 11 is 6.14. The van der Waals surface area contributed by atoms with Gasteiger partial charge < -0.3 is 5.32 Å². The first-order valence-electron chi connectivity index (χ1n) is 6.45. The van der Waals surface area contributed by atoms with Gasteiger partial charge in [0.1, 0.15) is 6.04 Å². The van der Waals surface area contributed by atoms with Gasteiger partial charge in [0.05, 0.1) is 16.4 Å². The van der Waals surface area contributed by atoms with Crippen molar-refractivity contribution >= 4 is 23.3 Å². The minimum absolute atomic E-state index is 0.145. The number of aromatic nitrogens is 4. The highest BCUT2D eigenvalue weighted by atomic mass is 35.5. The molecule has 7 heteroatoms. The fraction of sp³-hybridized carbons (Fsp3) is 0.462. The number of nitrogens with one attached hydrogen (secondary N) is 1. The van der Waals surface area contributed by atoms with Gasteiger partial charge in [0.15, 0.2) is 5.82 Å². The first-order chi connectivity index (χ1) is 9.43. The van der Waals surface area contributed by atoms with E-state index in [1.807, 2.05) is 20.8 Å². The summed E-state index contributed by atoms with van der Waals surface area (Å²) in [6, 6.07) is 1.35. The quantitative estimate of drug-likeness (QED) is 0.942. The van der Waals surface area contributed by atoms with Gasteiger partial charge in [-0.3, -0.25) is 14.2 Å². The van der Waals surface area contributed by atoms with Crippen LogP contribution in [-0.4, -0.2) is 25.5 Å². The predicted molar refractivity (Wildman–Crippen MR) is 77.9 cm³/mol. The summed E-state index contributed by atoms with van der Waals surface area (Å²) in [5.74, 6) is 0.386. The topological polar surface area (TPSA) is 64.7 Å². The molecule has 2 aromatic heterocycles. The van der Waals surface area contributed by atoms with Crippen molar-refractivity contribution in [3.05, 3.63) is 28.7 Å². The van der Waals surface area contributed by atoms with Crippen LogP contribution in [0.15, 0.2) is 12.3 Å². The minimum atomic E-state index is -0.400. The molecule has 0 aliphatic carbocycles. The lowest BCUT2D eigenvalue weighted by molar-refractivity contribution is -0.119. The third-order valence-corrected chi connectivity index (χ3v) is 3.73. The third kappa shape index (κ3) is 2.70. The van der Waals surface area contributed by atoms with Crippen LogP contribution in [0.2, 0.25) is 5.02 Å². The molecule has 0 fully saturated rings. The Morgan fingerprint density at radius 1 is 1.45 bits per heavy atom. The Kier molecular flexibility index (Phi) is 4.13. The Balaban J connectivity index is 2.23. The van der Waals surface area contributed by atoms with E-state index in [4.69, 9.17) is 11.6 Å². The lowest BCUT2D eigenvalue weighted by Crippen LogP contribution is -2.27. The smallest absolute Gasteiger partial charge is 0.250 e. The maximum absolute atomic E-state index is 12.4. The average molecular weight is 296 g/mol. The molecule has 2 aromatic rings. The molecule has 0 spiro atoms. The summed E-state index contributed by atoms with van der Waals surface area (Å²) < 4.78 is 3.31. The zero-order valence-corrected chi connectivity index (χ0v) is 12.8. The highest BCUT2D eigenvalue weighted by Gasteiger charge is 2.23. The SMILES string of the molecule is CCC(C(=O)Nc1ccn(C)n1)n1nc(C)c(Cl)c1C. The van der Waals surface area contributed by atoms with Gasteiger partial charge in [-0.05, 0) is 20.3 Å². The Morgan fingerprint density at radius 2 is 2.15 bits per heavy atom. The monoisotopic (exact) mass is 295 g/mol. The van der Waals surface area contributed by atoms with Gasteiger partial charge in [-0.2, -0.15) is 10.2 Å². The van der Waals surface area contributed by atoms with Crippen molar-refractivity contribution in [2.24, 2.45) is 7.05 Å². The highest BCUT2D eigenvalue weighted by Crippen LogP contribution is 2.24. The molecule has 0 saturated heterocycles. The van der Waals surface area contributed by atoms with Crippen LogP contribution in [-0.2, 0) is 11.8 Å². The summed E-state index contributed by atoms with van der Waals surface area (Å²) in [5.41, 5.74) is 1.53. The second kappa shape index (κ2) is 5.66. The van der Waals surface area contributed by atoms with Gasteiger partial charge >= 0.3 is 0 Å². The van der Waals surface area contributed by atoms with E-state index < -0.39 is 6.04 Å². The second-order valence-corrected chi connectivity index (χ2v) is 5.10. The highest BCUT2D eigenvalue weighted by molar-refractivity contribution is 6.31. The van der Waals surface area contributed by atoms with E-state index in [1.165, 1.54) is 0 Å². The first kappa shape index (κ1) is 14.6. The zero-order chi connectivity index (χ0) is 14.9. The zero-order valence-electron chi connectivity index (χ0n) is 12.0. The molecule has 0 aliphatic heterocycles. The van der Waals surface area contributed by atoms with Crippen LogP contribution in [0.4, 0.5) is 5.82 Å². The number of halogens is 1. The van der Waals surface area contributed by atoms with Gasteiger partial charge in [0.2, 0.25) is 5.91 Å². The molecule has 108 valence electrons. The number of nitrogens with zero attached hydrogens (tertiary/aromatic N) is 4. The van der Waals surface area contributed by atoms with Crippen LogP contribution in [0.1, 0.15) is 30.8 Å². The molecular weight excluding hydrogens is 278 g/mol. The molecule has 20 heavy (non-hydrogen) atoms. The third-order valence-electron chi connectivity index (χ3n) is 3.19. The normalized spacial score (nSPS) is 12.4. The standard InChI is InChI=1S/C13H18ClN5O/c1-5-10(19-9(3)12(14)8(2)16-19)13(20)15-11-6-7-18(4)17-11/h6-7,10H,5H2,1-4H3,(H,15,17,20). The number of aryl methyl sites for hydroxylation is 2. The van der Waals surface area contributed by atoms with Gasteiger partial charge in [-0.15, -0.1) is 0 Å².